The molecule has 1 atom stereocenters. The van der Waals surface area contributed by atoms with Gasteiger partial charge in [-0.2, -0.15) is 5.26 Å². The van der Waals surface area contributed by atoms with Crippen LogP contribution < -0.4 is 0 Å². The molecular weight excluding hydrogens is 164 g/mol. The zero-order valence-corrected chi connectivity index (χ0v) is 8.03. The van der Waals surface area contributed by atoms with Crippen molar-refractivity contribution < 1.29 is 4.42 Å². The Labute approximate surface area is 78.6 Å². The molecule has 1 aromatic heterocycles. The van der Waals surface area contributed by atoms with Gasteiger partial charge in [0.15, 0.2) is 6.04 Å². The van der Waals surface area contributed by atoms with Crippen LogP contribution in [0, 0.1) is 11.3 Å². The highest BCUT2D eigenvalue weighted by molar-refractivity contribution is 5.12. The van der Waals surface area contributed by atoms with Crippen LogP contribution in [-0.4, -0.2) is 18.5 Å². The predicted molar refractivity (Wildman–Crippen MR) is 50.0 cm³/mol. The average Bonchev–Trinajstić information content (AvgIpc) is 2.59. The first-order chi connectivity index (χ1) is 6.29. The van der Waals surface area contributed by atoms with Crippen LogP contribution in [0.15, 0.2) is 22.8 Å². The van der Waals surface area contributed by atoms with Gasteiger partial charge in [0, 0.05) is 0 Å². The van der Waals surface area contributed by atoms with Crippen LogP contribution in [-0.2, 0) is 0 Å². The second-order valence-electron chi connectivity index (χ2n) is 3.03. The van der Waals surface area contributed by atoms with Crippen molar-refractivity contribution in [3.63, 3.8) is 0 Å². The highest BCUT2D eigenvalue weighted by atomic mass is 16.3. The minimum Gasteiger partial charge on any atom is -0.467 e. The fourth-order valence-electron chi connectivity index (χ4n) is 1.31. The van der Waals surface area contributed by atoms with E-state index >= 15 is 0 Å². The lowest BCUT2D eigenvalue weighted by Gasteiger charge is -2.19. The van der Waals surface area contributed by atoms with E-state index in [4.69, 9.17) is 9.68 Å². The van der Waals surface area contributed by atoms with Gasteiger partial charge in [0.2, 0.25) is 0 Å². The van der Waals surface area contributed by atoms with E-state index in [0.29, 0.717) is 0 Å². The maximum atomic E-state index is 8.94. The van der Waals surface area contributed by atoms with E-state index in [1.54, 1.807) is 12.3 Å². The van der Waals surface area contributed by atoms with E-state index < -0.39 is 0 Å². The molecule has 0 aliphatic heterocycles. The van der Waals surface area contributed by atoms with Crippen molar-refractivity contribution in [2.75, 3.05) is 13.6 Å². The lowest BCUT2D eigenvalue weighted by Crippen LogP contribution is -2.23. The molecule has 3 heteroatoms. The topological polar surface area (TPSA) is 40.2 Å². The first-order valence-electron chi connectivity index (χ1n) is 4.42. The first kappa shape index (κ1) is 9.82. The van der Waals surface area contributed by atoms with Crippen molar-refractivity contribution in [1.82, 2.24) is 4.90 Å². The van der Waals surface area contributed by atoms with Gasteiger partial charge < -0.3 is 4.42 Å². The van der Waals surface area contributed by atoms with Crippen molar-refractivity contribution in [1.29, 1.82) is 5.26 Å². The Morgan fingerprint density at radius 2 is 2.46 bits per heavy atom. The van der Waals surface area contributed by atoms with E-state index in [1.165, 1.54) is 0 Å². The maximum absolute atomic E-state index is 8.94. The second kappa shape index (κ2) is 4.68. The number of hydrogen-bond donors (Lipinski definition) is 0. The molecule has 0 fully saturated rings. The smallest absolute Gasteiger partial charge is 0.156 e. The Morgan fingerprint density at radius 3 is 2.92 bits per heavy atom. The minimum absolute atomic E-state index is 0.255. The van der Waals surface area contributed by atoms with Crippen molar-refractivity contribution in [3.8, 4) is 6.07 Å². The van der Waals surface area contributed by atoms with Crippen LogP contribution >= 0.6 is 0 Å². The van der Waals surface area contributed by atoms with E-state index in [9.17, 15) is 0 Å². The maximum Gasteiger partial charge on any atom is 0.156 e. The summed E-state index contributed by atoms with van der Waals surface area (Å²) >= 11 is 0. The zero-order chi connectivity index (χ0) is 9.68. The summed E-state index contributed by atoms with van der Waals surface area (Å²) < 4.78 is 5.19. The van der Waals surface area contributed by atoms with E-state index in [1.807, 2.05) is 18.0 Å². The van der Waals surface area contributed by atoms with Crippen LogP contribution in [0.3, 0.4) is 0 Å². The molecule has 0 radical (unpaired) electrons. The summed E-state index contributed by atoms with van der Waals surface area (Å²) in [6.07, 6.45) is 2.63. The molecule has 0 spiro atoms. The van der Waals surface area contributed by atoms with Gasteiger partial charge in [-0.1, -0.05) is 6.92 Å². The molecule has 0 saturated carbocycles. The van der Waals surface area contributed by atoms with E-state index in [-0.39, 0.29) is 6.04 Å². The quantitative estimate of drug-likeness (QED) is 0.709. The lowest BCUT2D eigenvalue weighted by molar-refractivity contribution is 0.261. The van der Waals surface area contributed by atoms with Gasteiger partial charge in [0.05, 0.1) is 12.3 Å². The monoisotopic (exact) mass is 178 g/mol. The minimum atomic E-state index is -0.255. The predicted octanol–water partition coefficient (Wildman–Crippen LogP) is 2.19. The molecule has 70 valence electrons. The van der Waals surface area contributed by atoms with Crippen LogP contribution in [0.1, 0.15) is 25.1 Å². The molecule has 0 amide bonds. The largest absolute Gasteiger partial charge is 0.467 e. The van der Waals surface area contributed by atoms with Gasteiger partial charge in [-0.3, -0.25) is 4.90 Å². The van der Waals surface area contributed by atoms with Crippen molar-refractivity contribution in [3.05, 3.63) is 24.2 Å². The fourth-order valence-corrected chi connectivity index (χ4v) is 1.31. The number of nitrogens with zero attached hydrogens (tertiary/aromatic N) is 2. The molecule has 0 bridgehead atoms. The molecule has 13 heavy (non-hydrogen) atoms. The third-order valence-corrected chi connectivity index (χ3v) is 1.95. The number of hydrogen-bond acceptors (Lipinski definition) is 3. The Balaban J connectivity index is 2.69. The zero-order valence-electron chi connectivity index (χ0n) is 8.03. The summed E-state index contributed by atoms with van der Waals surface area (Å²) in [5, 5.41) is 8.94. The molecule has 1 unspecified atom stereocenters. The molecule has 3 nitrogen and oxygen atoms in total. The fraction of sp³-hybridized carbons (Fsp3) is 0.500. The summed E-state index contributed by atoms with van der Waals surface area (Å²) in [5.74, 6) is 0.721. The van der Waals surface area contributed by atoms with Crippen LogP contribution in [0.4, 0.5) is 0 Å². The summed E-state index contributed by atoms with van der Waals surface area (Å²) in [4.78, 5) is 1.98. The van der Waals surface area contributed by atoms with Gasteiger partial charge in [0.25, 0.3) is 0 Å². The normalized spacial score (nSPS) is 12.8. The third kappa shape index (κ3) is 2.33. The molecule has 0 N–H and O–H groups in total. The lowest BCUT2D eigenvalue weighted by atomic mass is 10.2. The third-order valence-electron chi connectivity index (χ3n) is 1.95. The molecule has 1 rings (SSSR count). The number of furan rings is 1. The number of nitriles is 1. The molecule has 0 saturated heterocycles. The Hall–Kier alpha value is -1.27. The summed E-state index contributed by atoms with van der Waals surface area (Å²) in [5.41, 5.74) is 0. The standard InChI is InChI=1S/C10H14N2O/c1-3-6-12(2)9(8-11)10-5-4-7-13-10/h4-5,7,9H,3,6H2,1-2H3. The molecule has 0 aromatic carbocycles. The average molecular weight is 178 g/mol. The van der Waals surface area contributed by atoms with Crippen molar-refractivity contribution in [2.45, 2.75) is 19.4 Å². The van der Waals surface area contributed by atoms with Crippen LogP contribution in [0.2, 0.25) is 0 Å². The number of rotatable bonds is 4. The second-order valence-corrected chi connectivity index (χ2v) is 3.03. The van der Waals surface area contributed by atoms with E-state index in [2.05, 4.69) is 13.0 Å². The SMILES string of the molecule is CCCN(C)C(C#N)c1ccco1. The molecule has 1 aromatic rings. The van der Waals surface area contributed by atoms with Gasteiger partial charge in [-0.05, 0) is 32.1 Å². The summed E-state index contributed by atoms with van der Waals surface area (Å²) in [6, 6.07) is 5.60. The molecule has 1 heterocycles. The Kier molecular flexibility index (Phi) is 3.53. The van der Waals surface area contributed by atoms with Gasteiger partial charge >= 0.3 is 0 Å². The molecular formula is C10H14N2O. The van der Waals surface area contributed by atoms with Crippen molar-refractivity contribution in [2.24, 2.45) is 0 Å². The first-order valence-corrected chi connectivity index (χ1v) is 4.42. The summed E-state index contributed by atoms with van der Waals surface area (Å²) in [6.45, 7) is 2.99. The highest BCUT2D eigenvalue weighted by Crippen LogP contribution is 2.18. The van der Waals surface area contributed by atoms with Crippen molar-refractivity contribution >= 4 is 0 Å². The molecule has 0 aliphatic rings. The van der Waals surface area contributed by atoms with Gasteiger partial charge in [0.1, 0.15) is 5.76 Å². The van der Waals surface area contributed by atoms with Crippen LogP contribution in [0.25, 0.3) is 0 Å². The van der Waals surface area contributed by atoms with Crippen LogP contribution in [0.5, 0.6) is 0 Å². The summed E-state index contributed by atoms with van der Waals surface area (Å²) in [7, 11) is 1.93. The molecule has 0 aliphatic carbocycles. The van der Waals surface area contributed by atoms with E-state index in [0.717, 1.165) is 18.7 Å². The Bertz CT molecular complexity index is 274. The van der Waals surface area contributed by atoms with Gasteiger partial charge in [-0.25, -0.2) is 0 Å². The highest BCUT2D eigenvalue weighted by Gasteiger charge is 2.17. The van der Waals surface area contributed by atoms with Gasteiger partial charge in [-0.15, -0.1) is 0 Å². The Morgan fingerprint density at radius 1 is 1.69 bits per heavy atom.